The van der Waals surface area contributed by atoms with Crippen LogP contribution in [0, 0.1) is 0 Å². The number of hydrogen-bond donors (Lipinski definition) is 1. The number of aliphatic imine (C=N–C) groups is 1. The van der Waals surface area contributed by atoms with Gasteiger partial charge in [-0.15, -0.1) is 0 Å². The third kappa shape index (κ3) is 1.97. The molecule has 7 nitrogen and oxygen atoms in total. The van der Waals surface area contributed by atoms with Crippen molar-refractivity contribution in [1.29, 1.82) is 0 Å². The molecule has 1 atom stereocenters. The molecule has 4 aliphatic rings. The van der Waals surface area contributed by atoms with Crippen LogP contribution in [0.5, 0.6) is 0 Å². The maximum absolute atomic E-state index is 13.5. The Balaban J connectivity index is 1.67. The summed E-state index contributed by atoms with van der Waals surface area (Å²) in [6.07, 6.45) is 5.60. The second-order valence-corrected chi connectivity index (χ2v) is 7.45. The van der Waals surface area contributed by atoms with Crippen LogP contribution in [0.25, 0.3) is 24.1 Å². The molecule has 0 amide bonds. The first-order valence-electron chi connectivity index (χ1n) is 9.41. The molecule has 3 heterocycles. The van der Waals surface area contributed by atoms with E-state index in [1.54, 1.807) is 6.26 Å². The highest BCUT2D eigenvalue weighted by Crippen LogP contribution is 2.49. The lowest BCUT2D eigenvalue weighted by molar-refractivity contribution is -0.114. The largest absolute Gasteiger partial charge is 0.519 e. The van der Waals surface area contributed by atoms with Crippen molar-refractivity contribution in [3.05, 3.63) is 67.0 Å². The molecule has 1 N–H and O–H groups in total. The number of rotatable bonds is 1. The van der Waals surface area contributed by atoms with Crippen molar-refractivity contribution in [2.45, 2.75) is 25.4 Å². The maximum atomic E-state index is 13.5. The van der Waals surface area contributed by atoms with E-state index in [4.69, 9.17) is 18.6 Å². The summed E-state index contributed by atoms with van der Waals surface area (Å²) < 4.78 is 15.5. The van der Waals surface area contributed by atoms with E-state index < -0.39 is 11.4 Å². The molecule has 144 valence electrons. The van der Waals surface area contributed by atoms with E-state index in [9.17, 15) is 14.7 Å². The van der Waals surface area contributed by atoms with Gasteiger partial charge in [-0.05, 0) is 29.4 Å². The predicted octanol–water partition coefficient (Wildman–Crippen LogP) is 0.767. The first-order valence-corrected chi connectivity index (χ1v) is 9.41. The number of allylic oxidation sites excluding steroid dienone is 1. The normalized spacial score (nSPS) is 23.4. The van der Waals surface area contributed by atoms with Gasteiger partial charge in [-0.2, -0.15) is 0 Å². The lowest BCUT2D eigenvalue weighted by Crippen LogP contribution is -2.35. The first-order chi connectivity index (χ1) is 14.0. The Labute approximate surface area is 163 Å². The van der Waals surface area contributed by atoms with Gasteiger partial charge >= 0.3 is 5.82 Å². The van der Waals surface area contributed by atoms with Crippen molar-refractivity contribution in [3.8, 4) is 0 Å². The summed E-state index contributed by atoms with van der Waals surface area (Å²) in [5, 5.41) is 13.4. The summed E-state index contributed by atoms with van der Waals surface area (Å²) in [4.78, 5) is 29.8. The summed E-state index contributed by atoms with van der Waals surface area (Å²) in [5.74, 6) is -0.533. The average Bonchev–Trinajstić information content (AvgIpc) is 3.21. The van der Waals surface area contributed by atoms with Gasteiger partial charge in [0.05, 0.1) is 29.7 Å². The molecule has 0 unspecified atom stereocenters. The Hall–Kier alpha value is -3.45. The maximum Gasteiger partial charge on any atom is 0.519 e. The smallest absolute Gasteiger partial charge is 0.496 e. The number of fused-ring (bicyclic) bond motifs is 6. The summed E-state index contributed by atoms with van der Waals surface area (Å²) >= 11 is 0. The summed E-state index contributed by atoms with van der Waals surface area (Å²) in [6.45, 7) is 2.25. The number of carbonyl (C=O) groups is 1. The molecule has 29 heavy (non-hydrogen) atoms. The summed E-state index contributed by atoms with van der Waals surface area (Å²) in [7, 11) is 0. The fraction of sp³-hybridized carbons (Fsp3) is 0.227. The van der Waals surface area contributed by atoms with Crippen LogP contribution >= 0.6 is 0 Å². The van der Waals surface area contributed by atoms with Crippen LogP contribution < -0.4 is 16.3 Å². The number of Topliss-reactive ketones (excluding diaryl/α,β-unsaturated/α-hetero) is 1. The summed E-state index contributed by atoms with van der Waals surface area (Å²) in [6, 6.07) is 3.72. The van der Waals surface area contributed by atoms with E-state index in [1.807, 2.05) is 25.1 Å². The average molecular weight is 389 g/mol. The number of benzene rings is 1. The standard InChI is InChI=1S/C22H15NO6/c1-2-22(26)13-4-3-10-9-27-6-5-11(10)17(13)19-18(22)20(24)12-7-15-16(8-14(12)23-19)29-21(25)28-15/h3-5,7,9,26H,2,6,8H2,1H3/t22-/m0/s1. The number of aliphatic hydroxyl groups is 1. The van der Waals surface area contributed by atoms with Gasteiger partial charge in [0, 0.05) is 16.4 Å². The quantitative estimate of drug-likeness (QED) is 0.773. The molecule has 0 bridgehead atoms. The molecule has 2 aliphatic heterocycles. The molecule has 2 aliphatic carbocycles. The third-order valence-electron chi connectivity index (χ3n) is 6.03. The molecular formula is C22H15NO6. The Morgan fingerprint density at radius 3 is 2.93 bits per heavy atom. The minimum Gasteiger partial charge on any atom is -0.496 e. The fourth-order valence-electron chi connectivity index (χ4n) is 4.64. The zero-order valence-electron chi connectivity index (χ0n) is 15.4. The van der Waals surface area contributed by atoms with Crippen LogP contribution in [0.15, 0.2) is 41.9 Å². The molecule has 7 heteroatoms. The van der Waals surface area contributed by atoms with Gasteiger partial charge in [0.15, 0.2) is 17.3 Å². The number of nitrogens with zero attached hydrogens (tertiary/aromatic N) is 1. The minimum atomic E-state index is -1.43. The van der Waals surface area contributed by atoms with Crippen LogP contribution in [-0.4, -0.2) is 23.2 Å². The van der Waals surface area contributed by atoms with Gasteiger partial charge in [-0.25, -0.2) is 4.79 Å². The fourth-order valence-corrected chi connectivity index (χ4v) is 4.64. The lowest BCUT2D eigenvalue weighted by atomic mass is 9.80. The van der Waals surface area contributed by atoms with Crippen LogP contribution in [-0.2, 0) is 21.6 Å². The molecule has 0 fully saturated rings. The SMILES string of the molecule is CC[C@@]1(O)C2=C(N=C3Cc4oc(=O)oc4C=C3C2=O)c2c1ccc1c2=CCOC=1. The monoisotopic (exact) mass is 389 g/mol. The topological polar surface area (TPSA) is 102 Å². The highest BCUT2D eigenvalue weighted by molar-refractivity contribution is 6.37. The Morgan fingerprint density at radius 2 is 2.10 bits per heavy atom. The van der Waals surface area contributed by atoms with Crippen molar-refractivity contribution >= 4 is 35.6 Å². The van der Waals surface area contributed by atoms with E-state index in [-0.39, 0.29) is 23.5 Å². The second-order valence-electron chi connectivity index (χ2n) is 7.45. The van der Waals surface area contributed by atoms with Crippen molar-refractivity contribution in [3.63, 3.8) is 0 Å². The van der Waals surface area contributed by atoms with Crippen LogP contribution in [0.4, 0.5) is 0 Å². The van der Waals surface area contributed by atoms with E-state index >= 15 is 0 Å². The highest BCUT2D eigenvalue weighted by Gasteiger charge is 2.50. The molecule has 0 radical (unpaired) electrons. The van der Waals surface area contributed by atoms with Gasteiger partial charge in [-0.3, -0.25) is 9.79 Å². The van der Waals surface area contributed by atoms with Crippen molar-refractivity contribution in [2.24, 2.45) is 4.99 Å². The van der Waals surface area contributed by atoms with Gasteiger partial charge in [0.2, 0.25) is 0 Å². The molecule has 2 aromatic rings. The van der Waals surface area contributed by atoms with Gasteiger partial charge < -0.3 is 18.7 Å². The molecular weight excluding hydrogens is 374 g/mol. The van der Waals surface area contributed by atoms with E-state index in [0.29, 0.717) is 41.3 Å². The molecule has 6 rings (SSSR count). The Kier molecular flexibility index (Phi) is 3.03. The van der Waals surface area contributed by atoms with Gasteiger partial charge in [0.25, 0.3) is 0 Å². The van der Waals surface area contributed by atoms with Crippen LogP contribution in [0.2, 0.25) is 0 Å². The van der Waals surface area contributed by atoms with Crippen molar-refractivity contribution < 1.29 is 23.5 Å². The molecule has 0 saturated carbocycles. The van der Waals surface area contributed by atoms with Crippen molar-refractivity contribution in [1.82, 2.24) is 0 Å². The predicted molar refractivity (Wildman–Crippen MR) is 103 cm³/mol. The van der Waals surface area contributed by atoms with E-state index in [2.05, 4.69) is 0 Å². The van der Waals surface area contributed by atoms with Crippen LogP contribution in [0.3, 0.4) is 0 Å². The Bertz CT molecular complexity index is 1410. The molecule has 0 saturated heterocycles. The van der Waals surface area contributed by atoms with Crippen molar-refractivity contribution in [2.75, 3.05) is 6.61 Å². The zero-order chi connectivity index (χ0) is 19.9. The third-order valence-corrected chi connectivity index (χ3v) is 6.03. The van der Waals surface area contributed by atoms with Gasteiger partial charge in [-0.1, -0.05) is 19.1 Å². The van der Waals surface area contributed by atoms with E-state index in [0.717, 1.165) is 16.0 Å². The molecule has 1 aromatic carbocycles. The molecule has 1 aromatic heterocycles. The Morgan fingerprint density at radius 1 is 1.24 bits per heavy atom. The first kappa shape index (κ1) is 16.5. The number of ketones is 1. The van der Waals surface area contributed by atoms with Gasteiger partial charge in [0.1, 0.15) is 12.2 Å². The van der Waals surface area contributed by atoms with Crippen LogP contribution in [0.1, 0.15) is 36.0 Å². The minimum absolute atomic E-state index is 0.184. The number of carbonyl (C=O) groups excluding carboxylic acids is 1. The van der Waals surface area contributed by atoms with E-state index in [1.165, 1.54) is 6.08 Å². The zero-order valence-corrected chi connectivity index (χ0v) is 15.4. The number of hydrogen-bond acceptors (Lipinski definition) is 7. The molecule has 0 spiro atoms. The number of ether oxygens (including phenoxy) is 1. The lowest BCUT2D eigenvalue weighted by Gasteiger charge is -2.28. The second kappa shape index (κ2) is 5.33. The summed E-state index contributed by atoms with van der Waals surface area (Å²) in [5.41, 5.74) is 1.60. The highest BCUT2D eigenvalue weighted by atomic mass is 16.6.